The molecule has 2 heterocycles. The van der Waals surface area contributed by atoms with Gasteiger partial charge in [0.2, 0.25) is 0 Å². The number of nitrogens with one attached hydrogen (secondary N) is 2. The van der Waals surface area contributed by atoms with Crippen LogP contribution < -0.4 is 5.32 Å². The van der Waals surface area contributed by atoms with Crippen LogP contribution in [0, 0.1) is 6.92 Å². The fourth-order valence-corrected chi connectivity index (χ4v) is 2.67. The molecule has 0 bridgehead atoms. The maximum absolute atomic E-state index is 12.1. The Kier molecular flexibility index (Phi) is 3.83. The highest BCUT2D eigenvalue weighted by atomic mass is 32.1. The van der Waals surface area contributed by atoms with Crippen molar-refractivity contribution >= 4 is 17.2 Å². The van der Waals surface area contributed by atoms with Crippen LogP contribution in [0.3, 0.4) is 0 Å². The van der Waals surface area contributed by atoms with Gasteiger partial charge >= 0.3 is 0 Å². The summed E-state index contributed by atoms with van der Waals surface area (Å²) in [5, 5.41) is 11.8. The lowest BCUT2D eigenvalue weighted by Gasteiger charge is -2.03. The summed E-state index contributed by atoms with van der Waals surface area (Å²) in [6.45, 7) is 2.54. The molecule has 21 heavy (non-hydrogen) atoms. The van der Waals surface area contributed by atoms with Gasteiger partial charge in [-0.15, -0.1) is 11.3 Å². The summed E-state index contributed by atoms with van der Waals surface area (Å²) in [7, 11) is 0. The van der Waals surface area contributed by atoms with E-state index in [1.165, 1.54) is 5.56 Å². The fraction of sp³-hybridized carbons (Fsp3) is 0.125. The molecular formula is C16H15N3OS. The third-order valence-electron chi connectivity index (χ3n) is 3.17. The minimum absolute atomic E-state index is 0.172. The predicted octanol–water partition coefficient (Wildman–Crippen LogP) is 3.38. The smallest absolute Gasteiger partial charge is 0.272 e. The van der Waals surface area contributed by atoms with Crippen LogP contribution in [0.1, 0.15) is 21.6 Å². The minimum Gasteiger partial charge on any atom is -0.347 e. The molecule has 4 nitrogen and oxygen atoms in total. The molecule has 0 aliphatic rings. The van der Waals surface area contributed by atoms with Crippen LogP contribution in [0.25, 0.3) is 10.6 Å². The number of hydrogen-bond acceptors (Lipinski definition) is 3. The lowest BCUT2D eigenvalue weighted by atomic mass is 10.1. The van der Waals surface area contributed by atoms with Crippen LogP contribution >= 0.6 is 11.3 Å². The number of carbonyl (C=O) groups is 1. The maximum Gasteiger partial charge on any atom is 0.272 e. The number of amides is 1. The van der Waals surface area contributed by atoms with Crippen molar-refractivity contribution in [2.75, 3.05) is 0 Å². The molecule has 0 saturated carbocycles. The van der Waals surface area contributed by atoms with Gasteiger partial charge in [-0.2, -0.15) is 5.10 Å². The van der Waals surface area contributed by atoms with Crippen LogP contribution in [-0.2, 0) is 6.54 Å². The second-order valence-corrected chi connectivity index (χ2v) is 5.76. The molecule has 1 amide bonds. The first kappa shape index (κ1) is 13.6. The highest BCUT2D eigenvalue weighted by molar-refractivity contribution is 7.13. The van der Waals surface area contributed by atoms with Crippen LogP contribution in [0.2, 0.25) is 0 Å². The zero-order valence-corrected chi connectivity index (χ0v) is 12.4. The van der Waals surface area contributed by atoms with Crippen LogP contribution in [0.4, 0.5) is 0 Å². The SMILES string of the molecule is Cc1ccc(CNC(=O)c2cc(-c3cccs3)[nH]n2)cc1. The molecule has 2 aromatic heterocycles. The zero-order chi connectivity index (χ0) is 14.7. The highest BCUT2D eigenvalue weighted by Crippen LogP contribution is 2.22. The number of rotatable bonds is 4. The summed E-state index contributed by atoms with van der Waals surface area (Å²) in [6, 6.07) is 13.8. The number of carbonyl (C=O) groups excluding carboxylic acids is 1. The standard InChI is InChI=1S/C16H15N3OS/c1-11-4-6-12(7-5-11)10-17-16(20)14-9-13(18-19-14)15-3-2-8-21-15/h2-9H,10H2,1H3,(H,17,20)(H,18,19). The van der Waals surface area contributed by atoms with E-state index in [0.717, 1.165) is 16.1 Å². The Balaban J connectivity index is 1.64. The van der Waals surface area contributed by atoms with Crippen molar-refractivity contribution in [2.45, 2.75) is 13.5 Å². The van der Waals surface area contributed by atoms with Gasteiger partial charge in [0.25, 0.3) is 5.91 Å². The highest BCUT2D eigenvalue weighted by Gasteiger charge is 2.11. The first-order valence-electron chi connectivity index (χ1n) is 6.65. The normalized spacial score (nSPS) is 10.5. The molecule has 0 aliphatic carbocycles. The van der Waals surface area contributed by atoms with Gasteiger partial charge in [-0.25, -0.2) is 0 Å². The summed E-state index contributed by atoms with van der Waals surface area (Å²) in [4.78, 5) is 13.1. The summed E-state index contributed by atoms with van der Waals surface area (Å²) in [6.07, 6.45) is 0. The largest absolute Gasteiger partial charge is 0.347 e. The zero-order valence-electron chi connectivity index (χ0n) is 11.6. The van der Waals surface area contributed by atoms with Crippen LogP contribution in [0.15, 0.2) is 47.8 Å². The van der Waals surface area contributed by atoms with E-state index in [0.29, 0.717) is 12.2 Å². The molecule has 0 unspecified atom stereocenters. The summed E-state index contributed by atoms with van der Waals surface area (Å²) < 4.78 is 0. The third kappa shape index (κ3) is 3.20. The third-order valence-corrected chi connectivity index (χ3v) is 4.07. The van der Waals surface area contributed by atoms with Crippen LogP contribution in [0.5, 0.6) is 0 Å². The van der Waals surface area contributed by atoms with Crippen molar-refractivity contribution in [1.82, 2.24) is 15.5 Å². The number of aromatic nitrogens is 2. The predicted molar refractivity (Wildman–Crippen MR) is 84.2 cm³/mol. The Labute approximate surface area is 126 Å². The fourth-order valence-electron chi connectivity index (χ4n) is 1.97. The van der Waals surface area contributed by atoms with E-state index in [-0.39, 0.29) is 5.91 Å². The van der Waals surface area contributed by atoms with Crippen molar-refractivity contribution in [3.05, 3.63) is 64.7 Å². The summed E-state index contributed by atoms with van der Waals surface area (Å²) in [5.41, 5.74) is 3.55. The minimum atomic E-state index is -0.172. The molecule has 0 spiro atoms. The average Bonchev–Trinajstić information content (AvgIpc) is 3.17. The van der Waals surface area contributed by atoms with Crippen molar-refractivity contribution in [2.24, 2.45) is 0 Å². The molecule has 2 N–H and O–H groups in total. The average molecular weight is 297 g/mol. The molecule has 3 rings (SSSR count). The molecule has 0 aliphatic heterocycles. The Morgan fingerprint density at radius 2 is 2.10 bits per heavy atom. The number of benzene rings is 1. The maximum atomic E-state index is 12.1. The number of H-pyrrole nitrogens is 1. The van der Waals surface area contributed by atoms with Crippen molar-refractivity contribution in [3.63, 3.8) is 0 Å². The van der Waals surface area contributed by atoms with Gasteiger partial charge in [-0.3, -0.25) is 9.89 Å². The second-order valence-electron chi connectivity index (χ2n) is 4.81. The molecule has 0 atom stereocenters. The van der Waals surface area contributed by atoms with E-state index in [1.807, 2.05) is 48.7 Å². The first-order chi connectivity index (χ1) is 10.2. The topological polar surface area (TPSA) is 57.8 Å². The van der Waals surface area contributed by atoms with Gasteiger partial charge < -0.3 is 5.32 Å². The van der Waals surface area contributed by atoms with Gasteiger partial charge in [-0.1, -0.05) is 35.9 Å². The lowest BCUT2D eigenvalue weighted by molar-refractivity contribution is 0.0946. The van der Waals surface area contributed by atoms with E-state index < -0.39 is 0 Å². The number of aromatic amines is 1. The summed E-state index contributed by atoms with van der Waals surface area (Å²) >= 11 is 1.61. The quantitative estimate of drug-likeness (QED) is 0.775. The van der Waals surface area contributed by atoms with Gasteiger partial charge in [0.1, 0.15) is 0 Å². The molecule has 106 valence electrons. The van der Waals surface area contributed by atoms with E-state index >= 15 is 0 Å². The number of hydrogen-bond donors (Lipinski definition) is 2. The van der Waals surface area contributed by atoms with Crippen molar-refractivity contribution < 1.29 is 4.79 Å². The van der Waals surface area contributed by atoms with E-state index in [1.54, 1.807) is 17.4 Å². The molecule has 0 radical (unpaired) electrons. The Morgan fingerprint density at radius 1 is 1.29 bits per heavy atom. The Hall–Kier alpha value is -2.40. The lowest BCUT2D eigenvalue weighted by Crippen LogP contribution is -2.23. The Bertz CT molecular complexity index is 729. The monoisotopic (exact) mass is 297 g/mol. The van der Waals surface area contributed by atoms with E-state index in [2.05, 4.69) is 15.5 Å². The van der Waals surface area contributed by atoms with E-state index in [4.69, 9.17) is 0 Å². The van der Waals surface area contributed by atoms with Crippen LogP contribution in [-0.4, -0.2) is 16.1 Å². The van der Waals surface area contributed by atoms with Gasteiger partial charge in [0.15, 0.2) is 5.69 Å². The number of nitrogens with zero attached hydrogens (tertiary/aromatic N) is 1. The number of thiophene rings is 1. The molecule has 5 heteroatoms. The molecule has 0 fully saturated rings. The first-order valence-corrected chi connectivity index (χ1v) is 7.53. The second kappa shape index (κ2) is 5.93. The molecule has 1 aromatic carbocycles. The van der Waals surface area contributed by atoms with Crippen molar-refractivity contribution in [3.8, 4) is 10.6 Å². The summed E-state index contributed by atoms with van der Waals surface area (Å²) in [5.74, 6) is -0.172. The van der Waals surface area contributed by atoms with Gasteiger partial charge in [0.05, 0.1) is 10.6 Å². The Morgan fingerprint density at radius 3 is 2.81 bits per heavy atom. The van der Waals surface area contributed by atoms with E-state index in [9.17, 15) is 4.79 Å². The molecular weight excluding hydrogens is 282 g/mol. The number of aryl methyl sites for hydroxylation is 1. The van der Waals surface area contributed by atoms with Crippen molar-refractivity contribution in [1.29, 1.82) is 0 Å². The van der Waals surface area contributed by atoms with Gasteiger partial charge in [-0.05, 0) is 30.0 Å². The molecule has 3 aromatic rings. The van der Waals surface area contributed by atoms with Gasteiger partial charge in [0, 0.05) is 6.54 Å². The molecule has 0 saturated heterocycles.